The molecule has 0 aliphatic carbocycles. The molecule has 168 valence electrons. The number of nitrogens with two attached hydrogens (primary N) is 1. The lowest BCUT2D eigenvalue weighted by atomic mass is 10.0. The molecule has 0 bridgehead atoms. The predicted octanol–water partition coefficient (Wildman–Crippen LogP) is 1.61. The molecule has 1 fully saturated rings. The average Bonchev–Trinajstić information content (AvgIpc) is 3.42. The highest BCUT2D eigenvalue weighted by Gasteiger charge is 2.25. The largest absolute Gasteiger partial charge is 0.372 e. The summed E-state index contributed by atoms with van der Waals surface area (Å²) in [6, 6.07) is 9.15. The molecule has 1 aromatic carbocycles. The molecular weight excluding hydrogens is 422 g/mol. The Labute approximate surface area is 189 Å². The summed E-state index contributed by atoms with van der Waals surface area (Å²) in [6.45, 7) is 5.43. The Morgan fingerprint density at radius 1 is 1.30 bits per heavy atom. The van der Waals surface area contributed by atoms with Gasteiger partial charge in [-0.1, -0.05) is 17.0 Å². The van der Waals surface area contributed by atoms with Crippen molar-refractivity contribution in [1.29, 1.82) is 0 Å². The number of nitrogens with one attached hydrogen (secondary N) is 1. The van der Waals surface area contributed by atoms with Crippen molar-refractivity contribution in [1.82, 2.24) is 30.2 Å². The summed E-state index contributed by atoms with van der Waals surface area (Å²) in [5.74, 6) is 7.22. The summed E-state index contributed by atoms with van der Waals surface area (Å²) in [6.07, 6.45) is 1.40. The lowest BCUT2D eigenvalue weighted by Gasteiger charge is -2.22. The Hall–Kier alpha value is -3.78. The molecule has 10 nitrogen and oxygen atoms in total. The van der Waals surface area contributed by atoms with E-state index in [9.17, 15) is 5.11 Å². The topological polar surface area (TPSA) is 137 Å². The third kappa shape index (κ3) is 4.17. The van der Waals surface area contributed by atoms with Gasteiger partial charge in [0, 0.05) is 42.4 Å². The molecule has 1 aliphatic rings. The van der Waals surface area contributed by atoms with Crippen LogP contribution in [-0.2, 0) is 10.3 Å². The molecule has 2 atom stereocenters. The van der Waals surface area contributed by atoms with Crippen molar-refractivity contribution in [2.45, 2.75) is 25.6 Å². The number of hydrogen-bond acceptors (Lipinski definition) is 9. The smallest absolute Gasteiger partial charge is 0.221 e. The first-order valence-corrected chi connectivity index (χ1v) is 10.5. The van der Waals surface area contributed by atoms with E-state index in [0.717, 1.165) is 23.1 Å². The first-order valence-electron chi connectivity index (χ1n) is 10.5. The molecule has 0 amide bonds. The minimum absolute atomic E-state index is 0.156. The van der Waals surface area contributed by atoms with E-state index in [-0.39, 0.29) is 12.1 Å². The Bertz CT molecular complexity index is 1370. The van der Waals surface area contributed by atoms with Gasteiger partial charge in [0.15, 0.2) is 11.4 Å². The number of ether oxygens (including phenoxy) is 1. The van der Waals surface area contributed by atoms with E-state index in [0.29, 0.717) is 36.0 Å². The van der Waals surface area contributed by atoms with Gasteiger partial charge >= 0.3 is 0 Å². The third-order valence-electron chi connectivity index (χ3n) is 5.40. The first-order chi connectivity index (χ1) is 15.9. The second kappa shape index (κ2) is 8.29. The van der Waals surface area contributed by atoms with Crippen LogP contribution in [0.3, 0.4) is 0 Å². The van der Waals surface area contributed by atoms with Crippen LogP contribution in [0.15, 0.2) is 41.1 Å². The van der Waals surface area contributed by atoms with Crippen molar-refractivity contribution in [3.05, 3.63) is 59.2 Å². The average molecular weight is 445 g/mol. The van der Waals surface area contributed by atoms with Crippen LogP contribution in [-0.4, -0.2) is 49.7 Å². The van der Waals surface area contributed by atoms with E-state index in [4.69, 9.17) is 20.1 Å². The maximum absolute atomic E-state index is 10.7. The number of morpholine rings is 1. The number of fused-ring (bicyclic) bond motifs is 1. The Morgan fingerprint density at radius 2 is 2.18 bits per heavy atom. The first kappa shape index (κ1) is 21.1. The quantitative estimate of drug-likeness (QED) is 0.402. The van der Waals surface area contributed by atoms with Gasteiger partial charge in [0.05, 0.1) is 12.1 Å². The molecule has 0 spiro atoms. The van der Waals surface area contributed by atoms with Gasteiger partial charge in [-0.2, -0.15) is 10.1 Å². The number of rotatable bonds is 3. The molecule has 3 aromatic heterocycles. The molecule has 4 N–H and O–H groups in total. The number of benzene rings is 1. The molecule has 1 saturated heterocycles. The van der Waals surface area contributed by atoms with E-state index >= 15 is 0 Å². The summed E-state index contributed by atoms with van der Waals surface area (Å²) >= 11 is 0. The molecule has 0 radical (unpaired) electrons. The molecule has 33 heavy (non-hydrogen) atoms. The predicted molar refractivity (Wildman–Crippen MR) is 120 cm³/mol. The molecular formula is C23H23N7O3. The van der Waals surface area contributed by atoms with E-state index < -0.39 is 5.60 Å². The summed E-state index contributed by atoms with van der Waals surface area (Å²) in [7, 11) is 0. The fourth-order valence-corrected chi connectivity index (χ4v) is 3.71. The molecule has 4 aromatic rings. The zero-order valence-electron chi connectivity index (χ0n) is 18.2. The van der Waals surface area contributed by atoms with E-state index in [1.54, 1.807) is 36.9 Å². The van der Waals surface area contributed by atoms with Crippen LogP contribution in [0.1, 0.15) is 35.7 Å². The minimum atomic E-state index is -1.46. The SMILES string of the molecule is Cc1cc([C@](C)(O)C#Cc2ccc3c(C4CNCCO4)nn(-c4ccnc(N)n4)c3c2)no1. The zero-order valence-corrected chi connectivity index (χ0v) is 18.2. The standard InChI is InChI=1S/C23H23N7O3/c1-14-11-19(29-33-14)23(2,31)7-5-15-3-4-16-17(12-15)30(20-6-8-26-22(24)27-20)28-21(16)18-13-25-9-10-32-18/h3-4,6,8,11-12,18,25,31H,9-10,13H2,1-2H3,(H2,24,26,27)/t18?,23-/m1/s1. The monoisotopic (exact) mass is 445 g/mol. The number of aliphatic hydroxyl groups is 1. The van der Waals surface area contributed by atoms with Crippen molar-refractivity contribution in [3.63, 3.8) is 0 Å². The van der Waals surface area contributed by atoms with Crippen LogP contribution in [0.25, 0.3) is 16.7 Å². The Morgan fingerprint density at radius 3 is 2.91 bits per heavy atom. The second-order valence-corrected chi connectivity index (χ2v) is 8.01. The molecule has 10 heteroatoms. The van der Waals surface area contributed by atoms with Gasteiger partial charge in [0.2, 0.25) is 5.95 Å². The van der Waals surface area contributed by atoms with Crippen LogP contribution in [0, 0.1) is 18.8 Å². The Kier molecular flexibility index (Phi) is 5.30. The second-order valence-electron chi connectivity index (χ2n) is 8.01. The van der Waals surface area contributed by atoms with Crippen LogP contribution < -0.4 is 11.1 Å². The van der Waals surface area contributed by atoms with Crippen LogP contribution in [0.2, 0.25) is 0 Å². The fourth-order valence-electron chi connectivity index (χ4n) is 3.71. The van der Waals surface area contributed by atoms with Gasteiger partial charge in [-0.05, 0) is 32.0 Å². The third-order valence-corrected chi connectivity index (χ3v) is 5.40. The van der Waals surface area contributed by atoms with Crippen molar-refractivity contribution >= 4 is 16.9 Å². The lowest BCUT2D eigenvalue weighted by Crippen LogP contribution is -2.33. The number of aryl methyl sites for hydroxylation is 1. The van der Waals surface area contributed by atoms with Gasteiger partial charge in [0.25, 0.3) is 0 Å². The molecule has 1 aliphatic heterocycles. The minimum Gasteiger partial charge on any atom is -0.372 e. The van der Waals surface area contributed by atoms with E-state index in [2.05, 4.69) is 32.3 Å². The highest BCUT2D eigenvalue weighted by Crippen LogP contribution is 2.29. The zero-order chi connectivity index (χ0) is 23.0. The molecule has 0 saturated carbocycles. The lowest BCUT2D eigenvalue weighted by molar-refractivity contribution is 0.0256. The number of hydrogen-bond donors (Lipinski definition) is 3. The van der Waals surface area contributed by atoms with Gasteiger partial charge in [0.1, 0.15) is 23.3 Å². The van der Waals surface area contributed by atoms with Crippen molar-refractivity contribution in [3.8, 4) is 17.7 Å². The molecule has 4 heterocycles. The Balaban J connectivity index is 1.60. The maximum Gasteiger partial charge on any atom is 0.221 e. The summed E-state index contributed by atoms with van der Waals surface area (Å²) in [5.41, 5.74) is 7.01. The van der Waals surface area contributed by atoms with Gasteiger partial charge in [-0.25, -0.2) is 9.67 Å². The van der Waals surface area contributed by atoms with Crippen LogP contribution in [0.4, 0.5) is 5.95 Å². The van der Waals surface area contributed by atoms with E-state index in [1.165, 1.54) is 0 Å². The number of aromatic nitrogens is 5. The maximum atomic E-state index is 10.7. The van der Waals surface area contributed by atoms with Crippen LogP contribution in [0.5, 0.6) is 0 Å². The normalized spacial score (nSPS) is 18.0. The van der Waals surface area contributed by atoms with Crippen molar-refractivity contribution in [2.24, 2.45) is 0 Å². The van der Waals surface area contributed by atoms with Crippen molar-refractivity contribution in [2.75, 3.05) is 25.4 Å². The fraction of sp³-hybridized carbons (Fsp3) is 0.304. The molecule has 5 rings (SSSR count). The van der Waals surface area contributed by atoms with Crippen LogP contribution >= 0.6 is 0 Å². The van der Waals surface area contributed by atoms with Gasteiger partial charge in [-0.3, -0.25) is 0 Å². The van der Waals surface area contributed by atoms with E-state index in [1.807, 2.05) is 18.2 Å². The number of nitrogen functional groups attached to an aromatic ring is 1. The number of anilines is 1. The number of nitrogens with zero attached hydrogens (tertiary/aromatic N) is 5. The highest BCUT2D eigenvalue weighted by atomic mass is 16.5. The van der Waals surface area contributed by atoms with Crippen molar-refractivity contribution < 1.29 is 14.4 Å². The van der Waals surface area contributed by atoms with Gasteiger partial charge < -0.3 is 25.4 Å². The summed E-state index contributed by atoms with van der Waals surface area (Å²) in [5, 5.41) is 23.7. The summed E-state index contributed by atoms with van der Waals surface area (Å²) in [4.78, 5) is 8.30. The highest BCUT2D eigenvalue weighted by molar-refractivity contribution is 5.85. The summed E-state index contributed by atoms with van der Waals surface area (Å²) < 4.78 is 12.7. The molecule has 1 unspecified atom stereocenters. The van der Waals surface area contributed by atoms with Gasteiger partial charge in [-0.15, -0.1) is 0 Å².